The molecule has 0 saturated carbocycles. The van der Waals surface area contributed by atoms with Gasteiger partial charge in [-0.15, -0.1) is 0 Å². The minimum atomic E-state index is -0.443. The van der Waals surface area contributed by atoms with E-state index in [-0.39, 0.29) is 37.4 Å². The van der Waals surface area contributed by atoms with Gasteiger partial charge in [-0.05, 0) is 49.7 Å². The predicted molar refractivity (Wildman–Crippen MR) is 109 cm³/mol. The number of methoxy groups -OCH3 is 1. The Balaban J connectivity index is 2.35. The number of rotatable bonds is 16. The number of ether oxygens (including phenoxy) is 1. The Kier molecular flexibility index (Phi) is 12.4. The summed E-state index contributed by atoms with van der Waals surface area (Å²) in [5.74, 6) is -0.541. The second kappa shape index (κ2) is 14.2. The molecule has 2 N–H and O–H groups in total. The minimum absolute atomic E-state index is 0.0199. The van der Waals surface area contributed by atoms with Crippen molar-refractivity contribution in [2.24, 2.45) is 5.41 Å². The molecule has 0 aliphatic rings. The van der Waals surface area contributed by atoms with Crippen molar-refractivity contribution in [3.8, 4) is 0 Å². The maximum atomic E-state index is 12.2. The van der Waals surface area contributed by atoms with E-state index in [1.54, 1.807) is 24.3 Å². The molecule has 0 aliphatic carbocycles. The molecule has 1 aromatic rings. The quantitative estimate of drug-likeness (QED) is 0.142. The molecule has 0 heterocycles. The van der Waals surface area contributed by atoms with Gasteiger partial charge in [0, 0.05) is 25.2 Å². The van der Waals surface area contributed by atoms with Crippen LogP contribution in [0.15, 0.2) is 24.3 Å². The summed E-state index contributed by atoms with van der Waals surface area (Å²) in [5, 5.41) is 18.3. The van der Waals surface area contributed by atoms with Gasteiger partial charge in [-0.3, -0.25) is 4.79 Å². The van der Waals surface area contributed by atoms with Gasteiger partial charge in [0.1, 0.15) is 0 Å². The predicted octanol–water partition coefficient (Wildman–Crippen LogP) is 3.33. The zero-order valence-corrected chi connectivity index (χ0v) is 17.5. The number of aliphatic hydroxyl groups excluding tert-OH is 2. The number of hydrogen-bond acceptors (Lipinski definition) is 7. The minimum Gasteiger partial charge on any atom is -0.465 e. The number of ketones is 1. The van der Waals surface area contributed by atoms with Gasteiger partial charge >= 0.3 is 5.97 Å². The number of hydrogen-bond donors (Lipinski definition) is 2. The zero-order chi connectivity index (χ0) is 21.5. The van der Waals surface area contributed by atoms with E-state index in [1.807, 2.05) is 0 Å². The topological polar surface area (TPSA) is 102 Å². The third-order valence-corrected chi connectivity index (χ3v) is 5.32. The maximum Gasteiger partial charge on any atom is 0.337 e. The van der Waals surface area contributed by atoms with Crippen LogP contribution in [0.2, 0.25) is 0 Å². The Labute approximate surface area is 172 Å². The average Bonchev–Trinajstić information content (AvgIpc) is 2.77. The number of esters is 1. The summed E-state index contributed by atoms with van der Waals surface area (Å²) < 4.78 is 4.63. The highest BCUT2D eigenvalue weighted by molar-refractivity contribution is 5.97. The summed E-state index contributed by atoms with van der Waals surface area (Å²) >= 11 is 0. The van der Waals surface area contributed by atoms with E-state index < -0.39 is 5.97 Å². The van der Waals surface area contributed by atoms with E-state index in [4.69, 9.17) is 20.0 Å². The van der Waals surface area contributed by atoms with Crippen LogP contribution in [0.3, 0.4) is 0 Å². The van der Waals surface area contributed by atoms with Crippen molar-refractivity contribution < 1.29 is 34.3 Å². The molecule has 0 bridgehead atoms. The van der Waals surface area contributed by atoms with Crippen molar-refractivity contribution in [2.45, 2.75) is 51.9 Å². The molecule has 0 spiro atoms. The standard InChI is InChI=1S/C22H34O7/c1-3-22(11-4-14-23,12-5-15-24)13-17-29-28-16-10-20(25)18-6-8-19(9-7-18)21(26)27-2/h6-9,23-24H,3-5,10-17H2,1-2H3. The first-order valence-electron chi connectivity index (χ1n) is 10.2. The van der Waals surface area contributed by atoms with E-state index in [0.29, 0.717) is 17.7 Å². The van der Waals surface area contributed by atoms with Crippen LogP contribution >= 0.6 is 0 Å². The molecule has 1 rings (SSSR count). The summed E-state index contributed by atoms with van der Waals surface area (Å²) in [6, 6.07) is 6.29. The second-order valence-electron chi connectivity index (χ2n) is 7.14. The van der Waals surface area contributed by atoms with Gasteiger partial charge in [-0.25, -0.2) is 14.6 Å². The highest BCUT2D eigenvalue weighted by Gasteiger charge is 2.27. The van der Waals surface area contributed by atoms with E-state index in [2.05, 4.69) is 11.7 Å². The molecule has 7 heteroatoms. The molecular formula is C22H34O7. The van der Waals surface area contributed by atoms with Crippen molar-refractivity contribution in [3.05, 3.63) is 35.4 Å². The molecule has 7 nitrogen and oxygen atoms in total. The van der Waals surface area contributed by atoms with Crippen molar-refractivity contribution in [1.82, 2.24) is 0 Å². The van der Waals surface area contributed by atoms with Crippen molar-refractivity contribution in [1.29, 1.82) is 0 Å². The van der Waals surface area contributed by atoms with E-state index >= 15 is 0 Å². The fourth-order valence-corrected chi connectivity index (χ4v) is 3.38. The highest BCUT2D eigenvalue weighted by atomic mass is 17.2. The van der Waals surface area contributed by atoms with Crippen LogP contribution in [0.4, 0.5) is 0 Å². The molecule has 0 radical (unpaired) electrons. The Hall–Kier alpha value is -1.80. The molecule has 0 amide bonds. The van der Waals surface area contributed by atoms with Crippen LogP contribution in [-0.2, 0) is 14.5 Å². The lowest BCUT2D eigenvalue weighted by atomic mass is 9.74. The van der Waals surface area contributed by atoms with Gasteiger partial charge in [0.2, 0.25) is 0 Å². The van der Waals surface area contributed by atoms with Gasteiger partial charge in [0.15, 0.2) is 5.78 Å². The normalized spacial score (nSPS) is 11.4. The Morgan fingerprint density at radius 1 is 0.897 bits per heavy atom. The van der Waals surface area contributed by atoms with Gasteiger partial charge < -0.3 is 14.9 Å². The van der Waals surface area contributed by atoms with E-state index in [0.717, 1.165) is 38.5 Å². The Bertz CT molecular complexity index is 590. The molecule has 164 valence electrons. The number of benzene rings is 1. The molecule has 1 aromatic carbocycles. The highest BCUT2D eigenvalue weighted by Crippen LogP contribution is 2.37. The maximum absolute atomic E-state index is 12.2. The van der Waals surface area contributed by atoms with Gasteiger partial charge in [-0.2, -0.15) is 0 Å². The number of Topliss-reactive ketones (excluding diaryl/α,β-unsaturated/α-hetero) is 1. The summed E-state index contributed by atoms with van der Waals surface area (Å²) in [6.07, 6.45) is 5.09. The Morgan fingerprint density at radius 2 is 1.45 bits per heavy atom. The molecule has 0 saturated heterocycles. The lowest BCUT2D eigenvalue weighted by molar-refractivity contribution is -0.296. The molecule has 0 aromatic heterocycles. The summed E-state index contributed by atoms with van der Waals surface area (Å²) in [5.41, 5.74) is 0.913. The van der Waals surface area contributed by atoms with Crippen molar-refractivity contribution in [3.63, 3.8) is 0 Å². The zero-order valence-electron chi connectivity index (χ0n) is 17.5. The molecule has 0 aliphatic heterocycles. The Morgan fingerprint density at radius 3 is 1.97 bits per heavy atom. The largest absolute Gasteiger partial charge is 0.465 e. The summed E-state index contributed by atoms with van der Waals surface area (Å²) in [6.45, 7) is 2.96. The van der Waals surface area contributed by atoms with Crippen LogP contribution in [0, 0.1) is 5.41 Å². The van der Waals surface area contributed by atoms with Crippen LogP contribution in [0.25, 0.3) is 0 Å². The van der Waals surface area contributed by atoms with Gasteiger partial charge in [0.25, 0.3) is 0 Å². The lowest BCUT2D eigenvalue weighted by Gasteiger charge is -2.32. The SMILES string of the molecule is CCC(CCCO)(CCCO)CCOOCCC(=O)c1ccc(C(=O)OC)cc1. The first kappa shape index (κ1) is 25.2. The molecule has 29 heavy (non-hydrogen) atoms. The van der Waals surface area contributed by atoms with Crippen LogP contribution in [0.5, 0.6) is 0 Å². The molecule has 0 unspecified atom stereocenters. The van der Waals surface area contributed by atoms with Crippen molar-refractivity contribution >= 4 is 11.8 Å². The van der Waals surface area contributed by atoms with E-state index in [1.165, 1.54) is 7.11 Å². The van der Waals surface area contributed by atoms with Gasteiger partial charge in [-0.1, -0.05) is 25.5 Å². The summed E-state index contributed by atoms with van der Waals surface area (Å²) in [7, 11) is 1.31. The number of carbonyl (C=O) groups excluding carboxylic acids is 2. The molecule has 0 fully saturated rings. The van der Waals surface area contributed by atoms with Gasteiger partial charge in [0.05, 0.1) is 25.9 Å². The van der Waals surface area contributed by atoms with E-state index in [9.17, 15) is 9.59 Å². The number of carbonyl (C=O) groups is 2. The van der Waals surface area contributed by atoms with Crippen LogP contribution in [0.1, 0.15) is 72.6 Å². The smallest absolute Gasteiger partial charge is 0.337 e. The monoisotopic (exact) mass is 410 g/mol. The second-order valence-corrected chi connectivity index (χ2v) is 7.14. The van der Waals surface area contributed by atoms with Crippen molar-refractivity contribution in [2.75, 3.05) is 33.5 Å². The third kappa shape index (κ3) is 9.04. The average molecular weight is 411 g/mol. The molecular weight excluding hydrogens is 376 g/mol. The first-order valence-corrected chi connectivity index (χ1v) is 10.2. The summed E-state index contributed by atoms with van der Waals surface area (Å²) in [4.78, 5) is 34.0. The fraction of sp³-hybridized carbons (Fsp3) is 0.636. The molecule has 0 atom stereocenters. The first-order chi connectivity index (χ1) is 14.0. The fourth-order valence-electron chi connectivity index (χ4n) is 3.38. The van der Waals surface area contributed by atoms with Crippen LogP contribution in [-0.4, -0.2) is 55.5 Å². The van der Waals surface area contributed by atoms with Crippen LogP contribution < -0.4 is 0 Å². The number of aliphatic hydroxyl groups is 2. The lowest BCUT2D eigenvalue weighted by Crippen LogP contribution is -2.23. The third-order valence-electron chi connectivity index (χ3n) is 5.32.